The van der Waals surface area contributed by atoms with Crippen molar-refractivity contribution < 1.29 is 9.84 Å². The number of phenolic OH excluding ortho intramolecular Hbond substituents is 1. The Kier molecular flexibility index (Phi) is 3.85. The minimum atomic E-state index is 0.279. The molecule has 0 radical (unpaired) electrons. The second-order valence-corrected chi connectivity index (χ2v) is 6.01. The molecule has 1 aromatic carbocycles. The smallest absolute Gasteiger partial charge is 0.127 e. The van der Waals surface area contributed by atoms with Gasteiger partial charge in [-0.05, 0) is 51.9 Å². The highest BCUT2D eigenvalue weighted by atomic mass is 16.5. The molecule has 2 N–H and O–H groups in total. The van der Waals surface area contributed by atoms with Crippen LogP contribution in [0.5, 0.6) is 11.5 Å². The number of rotatable bonds is 3. The minimum absolute atomic E-state index is 0.279. The van der Waals surface area contributed by atoms with Gasteiger partial charge >= 0.3 is 0 Å². The molecular formula is C16H24N2O2. The van der Waals surface area contributed by atoms with Gasteiger partial charge in [0.05, 0.1) is 6.04 Å². The van der Waals surface area contributed by atoms with E-state index in [2.05, 4.69) is 24.3 Å². The van der Waals surface area contributed by atoms with E-state index >= 15 is 0 Å². The molecule has 3 rings (SSSR count). The van der Waals surface area contributed by atoms with Crippen LogP contribution in [-0.4, -0.2) is 42.8 Å². The summed E-state index contributed by atoms with van der Waals surface area (Å²) in [5, 5.41) is 12.9. The van der Waals surface area contributed by atoms with Crippen LogP contribution < -0.4 is 10.1 Å². The molecule has 1 aromatic rings. The molecular weight excluding hydrogens is 252 g/mol. The van der Waals surface area contributed by atoms with E-state index in [0.29, 0.717) is 24.7 Å². The van der Waals surface area contributed by atoms with Crippen LogP contribution in [0.15, 0.2) is 18.2 Å². The lowest BCUT2D eigenvalue weighted by Crippen LogP contribution is -2.41. The lowest BCUT2D eigenvalue weighted by atomic mass is 9.89. The molecule has 2 aliphatic rings. The highest BCUT2D eigenvalue weighted by Crippen LogP contribution is 2.39. The fourth-order valence-corrected chi connectivity index (χ4v) is 3.55. The lowest BCUT2D eigenvalue weighted by molar-refractivity contribution is 0.111. The van der Waals surface area contributed by atoms with E-state index in [9.17, 15) is 5.11 Å². The topological polar surface area (TPSA) is 44.7 Å². The van der Waals surface area contributed by atoms with Crippen molar-refractivity contribution in [2.45, 2.75) is 43.8 Å². The van der Waals surface area contributed by atoms with Gasteiger partial charge in [-0.3, -0.25) is 4.90 Å². The Morgan fingerprint density at radius 2 is 2.00 bits per heavy atom. The number of hydrogen-bond acceptors (Lipinski definition) is 4. The Morgan fingerprint density at radius 3 is 2.70 bits per heavy atom. The predicted octanol–water partition coefficient (Wildman–Crippen LogP) is 2.29. The number of likely N-dealkylation sites (N-methyl/N-ethyl adjacent to an activating group) is 1. The summed E-state index contributed by atoms with van der Waals surface area (Å²) in [5.41, 5.74) is 1.21. The van der Waals surface area contributed by atoms with Gasteiger partial charge in [-0.2, -0.15) is 0 Å². The van der Waals surface area contributed by atoms with Crippen molar-refractivity contribution in [1.29, 1.82) is 0 Å². The third-order valence-electron chi connectivity index (χ3n) is 4.93. The Labute approximate surface area is 120 Å². The number of hydrogen-bond donors (Lipinski definition) is 2. The van der Waals surface area contributed by atoms with Crippen LogP contribution >= 0.6 is 0 Å². The van der Waals surface area contributed by atoms with Gasteiger partial charge in [0.15, 0.2) is 0 Å². The van der Waals surface area contributed by atoms with Crippen LogP contribution in [0, 0.1) is 0 Å². The van der Waals surface area contributed by atoms with E-state index in [-0.39, 0.29) is 5.75 Å². The molecule has 1 heterocycles. The zero-order chi connectivity index (χ0) is 14.1. The van der Waals surface area contributed by atoms with Crippen molar-refractivity contribution >= 4 is 0 Å². The summed E-state index contributed by atoms with van der Waals surface area (Å²) in [4.78, 5) is 2.47. The van der Waals surface area contributed by atoms with E-state index in [0.717, 1.165) is 5.75 Å². The first-order valence-corrected chi connectivity index (χ1v) is 7.54. The van der Waals surface area contributed by atoms with Gasteiger partial charge in [0.1, 0.15) is 18.1 Å². The Balaban J connectivity index is 1.69. The summed E-state index contributed by atoms with van der Waals surface area (Å²) >= 11 is 0. The molecule has 4 nitrogen and oxygen atoms in total. The standard InChI is InChI=1S/C16H24N2O2/c1-17-11-3-5-12(6-4-11)18(2)15-10-20-16-9-13(19)7-8-14(15)16/h7-9,11-12,15,17,19H,3-6,10H2,1-2H3. The van der Waals surface area contributed by atoms with Crippen LogP contribution in [0.1, 0.15) is 37.3 Å². The molecule has 4 heteroatoms. The number of benzene rings is 1. The first-order valence-electron chi connectivity index (χ1n) is 7.54. The second kappa shape index (κ2) is 5.62. The van der Waals surface area contributed by atoms with E-state index in [1.54, 1.807) is 12.1 Å². The third kappa shape index (κ3) is 2.50. The van der Waals surface area contributed by atoms with Crippen molar-refractivity contribution in [2.24, 2.45) is 0 Å². The van der Waals surface area contributed by atoms with Crippen LogP contribution in [0.25, 0.3) is 0 Å². The number of fused-ring (bicyclic) bond motifs is 1. The van der Waals surface area contributed by atoms with Gasteiger partial charge < -0.3 is 15.2 Å². The van der Waals surface area contributed by atoms with E-state index in [1.807, 2.05) is 6.07 Å². The Bertz CT molecular complexity index is 470. The number of aromatic hydroxyl groups is 1. The summed E-state index contributed by atoms with van der Waals surface area (Å²) in [5.74, 6) is 1.12. The molecule has 1 fully saturated rings. The van der Waals surface area contributed by atoms with Gasteiger partial charge in [-0.25, -0.2) is 0 Å². The molecule has 0 aromatic heterocycles. The van der Waals surface area contributed by atoms with Crippen LogP contribution in [0.2, 0.25) is 0 Å². The van der Waals surface area contributed by atoms with Crippen LogP contribution in [-0.2, 0) is 0 Å². The lowest BCUT2D eigenvalue weighted by Gasteiger charge is -2.37. The largest absolute Gasteiger partial charge is 0.508 e. The molecule has 0 spiro atoms. The normalized spacial score (nSPS) is 29.2. The van der Waals surface area contributed by atoms with Crippen molar-refractivity contribution in [3.05, 3.63) is 23.8 Å². The average molecular weight is 276 g/mol. The van der Waals surface area contributed by atoms with Gasteiger partial charge in [0.2, 0.25) is 0 Å². The maximum absolute atomic E-state index is 9.53. The molecule has 1 aliphatic heterocycles. The maximum Gasteiger partial charge on any atom is 0.127 e. The molecule has 1 unspecified atom stereocenters. The van der Waals surface area contributed by atoms with Gasteiger partial charge in [-0.15, -0.1) is 0 Å². The van der Waals surface area contributed by atoms with Crippen molar-refractivity contribution in [3.63, 3.8) is 0 Å². The highest BCUT2D eigenvalue weighted by molar-refractivity contribution is 5.44. The summed E-state index contributed by atoms with van der Waals surface area (Å²) in [6.45, 7) is 0.696. The highest BCUT2D eigenvalue weighted by Gasteiger charge is 2.33. The van der Waals surface area contributed by atoms with Gasteiger partial charge in [0, 0.05) is 23.7 Å². The summed E-state index contributed by atoms with van der Waals surface area (Å²) < 4.78 is 5.73. The SMILES string of the molecule is CNC1CCC(N(C)C2COc3cc(O)ccc32)CC1. The zero-order valence-electron chi connectivity index (χ0n) is 12.3. The molecule has 0 bridgehead atoms. The average Bonchev–Trinajstić information content (AvgIpc) is 2.89. The number of nitrogens with zero attached hydrogens (tertiary/aromatic N) is 1. The maximum atomic E-state index is 9.53. The fraction of sp³-hybridized carbons (Fsp3) is 0.625. The fourth-order valence-electron chi connectivity index (χ4n) is 3.55. The predicted molar refractivity (Wildman–Crippen MR) is 79.2 cm³/mol. The first-order chi connectivity index (χ1) is 9.69. The van der Waals surface area contributed by atoms with E-state index < -0.39 is 0 Å². The van der Waals surface area contributed by atoms with Gasteiger partial charge in [0.25, 0.3) is 0 Å². The number of nitrogens with one attached hydrogen (secondary N) is 1. The van der Waals surface area contributed by atoms with Gasteiger partial charge in [-0.1, -0.05) is 0 Å². The van der Waals surface area contributed by atoms with Crippen molar-refractivity contribution in [3.8, 4) is 11.5 Å². The first kappa shape index (κ1) is 13.7. The second-order valence-electron chi connectivity index (χ2n) is 6.01. The summed E-state index contributed by atoms with van der Waals surface area (Å²) in [6, 6.07) is 7.11. The molecule has 1 saturated carbocycles. The molecule has 0 saturated heterocycles. The Morgan fingerprint density at radius 1 is 1.25 bits per heavy atom. The Hall–Kier alpha value is -1.26. The van der Waals surface area contributed by atoms with E-state index in [1.165, 1.54) is 31.2 Å². The molecule has 20 heavy (non-hydrogen) atoms. The monoisotopic (exact) mass is 276 g/mol. The molecule has 1 atom stereocenters. The summed E-state index contributed by atoms with van der Waals surface area (Å²) in [7, 11) is 4.27. The third-order valence-corrected chi connectivity index (χ3v) is 4.93. The quantitative estimate of drug-likeness (QED) is 0.889. The van der Waals surface area contributed by atoms with E-state index in [4.69, 9.17) is 4.74 Å². The van der Waals surface area contributed by atoms with Crippen molar-refractivity contribution in [2.75, 3.05) is 20.7 Å². The number of ether oxygens (including phenoxy) is 1. The molecule has 1 aliphatic carbocycles. The molecule has 110 valence electrons. The van der Waals surface area contributed by atoms with Crippen LogP contribution in [0.4, 0.5) is 0 Å². The summed E-state index contributed by atoms with van der Waals surface area (Å²) in [6.07, 6.45) is 4.99. The minimum Gasteiger partial charge on any atom is -0.508 e. The van der Waals surface area contributed by atoms with Crippen LogP contribution in [0.3, 0.4) is 0 Å². The van der Waals surface area contributed by atoms with Crippen molar-refractivity contribution in [1.82, 2.24) is 10.2 Å². The number of phenols is 1. The molecule has 0 amide bonds. The zero-order valence-corrected chi connectivity index (χ0v) is 12.3.